The number of hydrogen-bond acceptors (Lipinski definition) is 2. The normalized spacial score (nSPS) is 15.2. The number of benzene rings is 6. The van der Waals surface area contributed by atoms with Crippen molar-refractivity contribution in [3.63, 3.8) is 0 Å². The lowest BCUT2D eigenvalue weighted by atomic mass is 10.00. The summed E-state index contributed by atoms with van der Waals surface area (Å²) < 4.78 is 6.58. The summed E-state index contributed by atoms with van der Waals surface area (Å²) >= 11 is 0. The molecule has 0 amide bonds. The number of fused-ring (bicyclic) bond motifs is 10. The average molecular weight is 600 g/mol. The Morgan fingerprint density at radius 1 is 0.477 bits per heavy atom. The first kappa shape index (κ1) is 25.8. The fourth-order valence-corrected chi connectivity index (χ4v) is 14.2. The van der Waals surface area contributed by atoms with Gasteiger partial charge < -0.3 is 9.32 Å². The summed E-state index contributed by atoms with van der Waals surface area (Å²) in [5.41, 5.74) is 11.1. The monoisotopic (exact) mass is 599 g/mol. The second kappa shape index (κ2) is 8.94. The second-order valence-electron chi connectivity index (χ2n) is 13.4. The predicted octanol–water partition coefficient (Wildman–Crippen LogP) is 8.66. The van der Waals surface area contributed by atoms with Crippen molar-refractivity contribution in [3.05, 3.63) is 127 Å². The third-order valence-corrected chi connectivity index (χ3v) is 17.3. The smallest absolute Gasteiger partial charge is 0.143 e. The molecule has 212 valence electrons. The van der Waals surface area contributed by atoms with Crippen molar-refractivity contribution >= 4 is 75.9 Å². The fourth-order valence-electron chi connectivity index (χ4n) is 8.05. The topological polar surface area (TPSA) is 16.4 Å². The van der Waals surface area contributed by atoms with E-state index in [1.165, 1.54) is 70.8 Å². The van der Waals surface area contributed by atoms with Gasteiger partial charge in [0.15, 0.2) is 0 Å². The van der Waals surface area contributed by atoms with Crippen LogP contribution in [0.1, 0.15) is 0 Å². The van der Waals surface area contributed by atoms with Gasteiger partial charge >= 0.3 is 0 Å². The maximum atomic E-state index is 6.58. The minimum absolute atomic E-state index is 0.959. The summed E-state index contributed by atoms with van der Waals surface area (Å²) in [7, 11) is -3.82. The SMILES string of the molecule is C[Si]1(C)c2ccccc2-c2c(N(c3ccccc3)c3ccc4c(c3)[Si](C)(C)c3ccc5c(oc6ccccc65)c3-4)cccc21. The summed E-state index contributed by atoms with van der Waals surface area (Å²) in [6.45, 7) is 9.97. The Morgan fingerprint density at radius 3 is 2.02 bits per heavy atom. The number of anilines is 3. The number of hydrogen-bond donors (Lipinski definition) is 0. The van der Waals surface area contributed by atoms with Gasteiger partial charge in [-0.15, -0.1) is 0 Å². The number of para-hydroxylation sites is 2. The van der Waals surface area contributed by atoms with Crippen molar-refractivity contribution in [2.24, 2.45) is 0 Å². The van der Waals surface area contributed by atoms with Gasteiger partial charge in [-0.25, -0.2) is 0 Å². The minimum Gasteiger partial charge on any atom is -0.455 e. The van der Waals surface area contributed by atoms with Gasteiger partial charge in [0.1, 0.15) is 27.3 Å². The van der Waals surface area contributed by atoms with E-state index in [0.29, 0.717) is 0 Å². The zero-order valence-electron chi connectivity index (χ0n) is 25.5. The van der Waals surface area contributed by atoms with Gasteiger partial charge in [-0.3, -0.25) is 0 Å². The lowest BCUT2D eigenvalue weighted by Gasteiger charge is -2.30. The molecule has 0 bridgehead atoms. The van der Waals surface area contributed by atoms with Gasteiger partial charge in [-0.1, -0.05) is 117 Å². The van der Waals surface area contributed by atoms with Crippen LogP contribution in [-0.2, 0) is 0 Å². The third kappa shape index (κ3) is 3.35. The van der Waals surface area contributed by atoms with Crippen LogP contribution in [0.4, 0.5) is 17.1 Å². The van der Waals surface area contributed by atoms with Gasteiger partial charge in [0.05, 0.1) is 5.69 Å². The van der Waals surface area contributed by atoms with E-state index < -0.39 is 16.1 Å². The Balaban J connectivity index is 1.29. The van der Waals surface area contributed by atoms with E-state index in [1.807, 2.05) is 0 Å². The standard InChI is InChI=1S/C40H33NOSi2/c1-43(2)34-19-11-9-16-30(34)38-32(17-12-20-35(38)43)41(26-13-6-5-7-14-26)27-21-22-31-37(25-27)44(3,4)36-24-23-29-28-15-8-10-18-33(28)42-40(29)39(31)36/h5-25H,1-4H3. The molecule has 6 aromatic carbocycles. The van der Waals surface area contributed by atoms with E-state index in [0.717, 1.165) is 11.2 Å². The maximum absolute atomic E-state index is 6.58. The fraction of sp³-hybridized carbons (Fsp3) is 0.100. The molecule has 2 nitrogen and oxygen atoms in total. The van der Waals surface area contributed by atoms with Crippen LogP contribution in [0.3, 0.4) is 0 Å². The van der Waals surface area contributed by atoms with Crippen molar-refractivity contribution in [2.75, 3.05) is 4.90 Å². The first-order chi connectivity index (χ1) is 21.4. The molecule has 0 spiro atoms. The molecule has 9 rings (SSSR count). The zero-order valence-corrected chi connectivity index (χ0v) is 27.5. The Kier molecular flexibility index (Phi) is 5.25. The minimum atomic E-state index is -2.01. The lowest BCUT2D eigenvalue weighted by molar-refractivity contribution is 0.670. The number of nitrogens with zero attached hydrogens (tertiary/aromatic N) is 1. The molecule has 2 aliphatic rings. The highest BCUT2D eigenvalue weighted by molar-refractivity contribution is 7.04. The molecule has 0 saturated heterocycles. The van der Waals surface area contributed by atoms with Gasteiger partial charge in [0.25, 0.3) is 0 Å². The van der Waals surface area contributed by atoms with Crippen LogP contribution >= 0.6 is 0 Å². The first-order valence-corrected chi connectivity index (χ1v) is 21.5. The highest BCUT2D eigenvalue weighted by Gasteiger charge is 2.41. The Bertz CT molecular complexity index is 2300. The zero-order chi connectivity index (χ0) is 29.8. The quantitative estimate of drug-likeness (QED) is 0.189. The Labute approximate surface area is 260 Å². The molecule has 0 aliphatic carbocycles. The van der Waals surface area contributed by atoms with Crippen LogP contribution in [0.5, 0.6) is 0 Å². The van der Waals surface area contributed by atoms with Crippen molar-refractivity contribution in [1.29, 1.82) is 0 Å². The maximum Gasteiger partial charge on any atom is 0.143 e. The molecule has 0 radical (unpaired) electrons. The summed E-state index contributed by atoms with van der Waals surface area (Å²) in [6.07, 6.45) is 0. The molecular formula is C40H33NOSi2. The average Bonchev–Trinajstić information content (AvgIpc) is 3.62. The van der Waals surface area contributed by atoms with Crippen LogP contribution in [0, 0.1) is 0 Å². The van der Waals surface area contributed by atoms with Gasteiger partial charge in [-0.05, 0) is 68.3 Å². The Morgan fingerprint density at radius 2 is 1.16 bits per heavy atom. The van der Waals surface area contributed by atoms with Crippen LogP contribution in [0.2, 0.25) is 26.2 Å². The van der Waals surface area contributed by atoms with Crippen LogP contribution in [0.25, 0.3) is 44.2 Å². The first-order valence-electron chi connectivity index (χ1n) is 15.5. The van der Waals surface area contributed by atoms with Crippen molar-refractivity contribution < 1.29 is 4.42 Å². The van der Waals surface area contributed by atoms with Gasteiger partial charge in [0, 0.05) is 33.3 Å². The Hall–Kier alpha value is -4.65. The molecule has 2 aliphatic heterocycles. The number of rotatable bonds is 3. The second-order valence-corrected chi connectivity index (χ2v) is 22.0. The highest BCUT2D eigenvalue weighted by Crippen LogP contribution is 2.45. The molecule has 7 aromatic rings. The summed E-state index contributed by atoms with van der Waals surface area (Å²) in [4.78, 5) is 2.50. The van der Waals surface area contributed by atoms with E-state index in [2.05, 4.69) is 158 Å². The van der Waals surface area contributed by atoms with E-state index in [-0.39, 0.29) is 0 Å². The van der Waals surface area contributed by atoms with E-state index >= 15 is 0 Å². The molecule has 0 atom stereocenters. The van der Waals surface area contributed by atoms with Crippen LogP contribution in [0.15, 0.2) is 132 Å². The summed E-state index contributed by atoms with van der Waals surface area (Å²) in [5.74, 6) is 0. The van der Waals surface area contributed by atoms with Gasteiger partial charge in [-0.2, -0.15) is 0 Å². The van der Waals surface area contributed by atoms with Crippen molar-refractivity contribution in [2.45, 2.75) is 26.2 Å². The van der Waals surface area contributed by atoms with Crippen LogP contribution in [-0.4, -0.2) is 16.1 Å². The van der Waals surface area contributed by atoms with Crippen molar-refractivity contribution in [1.82, 2.24) is 0 Å². The molecule has 0 unspecified atom stereocenters. The third-order valence-electron chi connectivity index (χ3n) is 10.3. The molecule has 4 heteroatoms. The largest absolute Gasteiger partial charge is 0.455 e. The molecule has 0 fully saturated rings. The summed E-state index contributed by atoms with van der Waals surface area (Å²) in [5, 5.41) is 8.38. The molecule has 0 saturated carbocycles. The highest BCUT2D eigenvalue weighted by atomic mass is 28.3. The molecule has 3 heterocycles. The van der Waals surface area contributed by atoms with E-state index in [1.54, 1.807) is 0 Å². The molecule has 0 N–H and O–H groups in total. The molecule has 44 heavy (non-hydrogen) atoms. The molecular weight excluding hydrogens is 567 g/mol. The van der Waals surface area contributed by atoms with E-state index in [4.69, 9.17) is 4.42 Å². The van der Waals surface area contributed by atoms with Crippen LogP contribution < -0.4 is 25.6 Å². The summed E-state index contributed by atoms with van der Waals surface area (Å²) in [6, 6.07) is 47.2. The van der Waals surface area contributed by atoms with Gasteiger partial charge in [0.2, 0.25) is 0 Å². The van der Waals surface area contributed by atoms with E-state index in [9.17, 15) is 0 Å². The van der Waals surface area contributed by atoms with Crippen molar-refractivity contribution in [3.8, 4) is 22.3 Å². The lowest BCUT2D eigenvalue weighted by Crippen LogP contribution is -2.49. The molecule has 1 aromatic heterocycles. The number of furan rings is 1. The predicted molar refractivity (Wildman–Crippen MR) is 193 cm³/mol.